The third kappa shape index (κ3) is 5.24. The van der Waals surface area contributed by atoms with Crippen molar-refractivity contribution < 1.29 is 8.95 Å². The molecule has 0 amide bonds. The molecule has 0 radical (unpaired) electrons. The molecule has 2 N–H and O–H groups in total. The maximum atomic E-state index is 12.0. The maximum Gasteiger partial charge on any atom is 0.229 e. The molecule has 0 saturated heterocycles. The number of anilines is 4. The fourth-order valence-electron chi connectivity index (χ4n) is 4.42. The Hall–Kier alpha value is -3.59. The normalized spacial score (nSPS) is 17.3. The van der Waals surface area contributed by atoms with Gasteiger partial charge in [-0.25, -0.2) is 14.2 Å². The van der Waals surface area contributed by atoms with Crippen LogP contribution in [0.25, 0.3) is 0 Å². The second kappa shape index (κ2) is 9.22. The predicted octanol–water partition coefficient (Wildman–Crippen LogP) is 3.65. The molecule has 4 heterocycles. The standard InChI is InChI=1S/C24H26N8O2S/c1-32-13-16-10-18(9-15-7-8-34-19(14-32)22(15)16)27-24-26-12-17(11-25)23(30-24)29-20-5-4-6-21(28-20)31-35(2,3)33/h4-6,9-10,12,19H,7-8,13-14H2,1-3H3,(H2,26,27,28,29,30). The van der Waals surface area contributed by atoms with Crippen LogP contribution in [0.3, 0.4) is 0 Å². The lowest BCUT2D eigenvalue weighted by molar-refractivity contribution is 0.00985. The third-order valence-electron chi connectivity index (χ3n) is 5.74. The van der Waals surface area contributed by atoms with Crippen LogP contribution in [0.5, 0.6) is 0 Å². The highest BCUT2D eigenvalue weighted by Gasteiger charge is 2.30. The number of hydrogen-bond acceptors (Lipinski definition) is 10. The average molecular weight is 491 g/mol. The molecule has 2 aliphatic rings. The first-order valence-electron chi connectivity index (χ1n) is 11.2. The zero-order chi connectivity index (χ0) is 24.6. The van der Waals surface area contributed by atoms with Gasteiger partial charge in [-0.05, 0) is 54.4 Å². The van der Waals surface area contributed by atoms with Crippen LogP contribution in [0.2, 0.25) is 0 Å². The van der Waals surface area contributed by atoms with Crippen molar-refractivity contribution in [3.8, 4) is 6.07 Å². The molecule has 11 heteroatoms. The van der Waals surface area contributed by atoms with E-state index in [1.165, 1.54) is 22.9 Å². The lowest BCUT2D eigenvalue weighted by Crippen LogP contribution is -2.35. The highest BCUT2D eigenvalue weighted by atomic mass is 32.2. The lowest BCUT2D eigenvalue weighted by Gasteiger charge is -2.37. The van der Waals surface area contributed by atoms with Crippen LogP contribution in [-0.4, -0.2) is 56.8 Å². The van der Waals surface area contributed by atoms with Gasteiger partial charge in [-0.3, -0.25) is 4.90 Å². The van der Waals surface area contributed by atoms with E-state index in [4.69, 9.17) is 4.74 Å². The number of nitriles is 1. The summed E-state index contributed by atoms with van der Waals surface area (Å²) in [4.78, 5) is 15.5. The number of hydrogen-bond donors (Lipinski definition) is 2. The van der Waals surface area contributed by atoms with E-state index in [-0.39, 0.29) is 11.7 Å². The molecule has 0 spiro atoms. The number of rotatable bonds is 5. The summed E-state index contributed by atoms with van der Waals surface area (Å²) in [7, 11) is -0.255. The molecule has 2 aliphatic heterocycles. The molecule has 0 bridgehead atoms. The van der Waals surface area contributed by atoms with E-state index in [2.05, 4.69) is 60.1 Å². The molecule has 1 aromatic carbocycles. The quantitative estimate of drug-likeness (QED) is 0.550. The van der Waals surface area contributed by atoms with Crippen molar-refractivity contribution in [3.05, 3.63) is 58.8 Å². The predicted molar refractivity (Wildman–Crippen MR) is 135 cm³/mol. The molecule has 35 heavy (non-hydrogen) atoms. The van der Waals surface area contributed by atoms with E-state index in [9.17, 15) is 9.47 Å². The first-order valence-corrected chi connectivity index (χ1v) is 13.5. The molecule has 180 valence electrons. The Morgan fingerprint density at radius 3 is 2.86 bits per heavy atom. The average Bonchev–Trinajstić information content (AvgIpc) is 2.78. The van der Waals surface area contributed by atoms with Crippen molar-refractivity contribution in [1.29, 1.82) is 5.26 Å². The Labute approximate surface area is 204 Å². The van der Waals surface area contributed by atoms with E-state index in [1.807, 2.05) is 0 Å². The Balaban J connectivity index is 1.44. The van der Waals surface area contributed by atoms with Gasteiger partial charge in [-0.15, -0.1) is 0 Å². The summed E-state index contributed by atoms with van der Waals surface area (Å²) < 4.78 is 22.1. The van der Waals surface area contributed by atoms with Gasteiger partial charge in [0.05, 0.1) is 18.9 Å². The van der Waals surface area contributed by atoms with Crippen molar-refractivity contribution in [1.82, 2.24) is 19.9 Å². The number of ether oxygens (including phenoxy) is 1. The van der Waals surface area contributed by atoms with E-state index in [0.717, 1.165) is 25.2 Å². The van der Waals surface area contributed by atoms with Crippen molar-refractivity contribution in [2.24, 2.45) is 4.36 Å². The van der Waals surface area contributed by atoms with Gasteiger partial charge in [0, 0.05) is 41.0 Å². The zero-order valence-corrected chi connectivity index (χ0v) is 20.6. The fraction of sp³-hybridized carbons (Fsp3) is 0.333. The van der Waals surface area contributed by atoms with Crippen LogP contribution >= 0.6 is 0 Å². The van der Waals surface area contributed by atoms with Crippen LogP contribution in [0.1, 0.15) is 28.4 Å². The number of nitrogens with zero attached hydrogens (tertiary/aromatic N) is 6. The van der Waals surface area contributed by atoms with Gasteiger partial charge in [0.15, 0.2) is 11.6 Å². The second-order valence-electron chi connectivity index (χ2n) is 8.99. The van der Waals surface area contributed by atoms with Crippen molar-refractivity contribution in [2.75, 3.05) is 43.3 Å². The topological polar surface area (TPSA) is 128 Å². The Morgan fingerprint density at radius 1 is 1.23 bits per heavy atom. The highest BCUT2D eigenvalue weighted by molar-refractivity contribution is 7.92. The summed E-state index contributed by atoms with van der Waals surface area (Å²) in [5.41, 5.74) is 5.00. The Kier molecular flexibility index (Phi) is 6.10. The number of pyridine rings is 1. The van der Waals surface area contributed by atoms with E-state index in [1.54, 1.807) is 30.7 Å². The molecular formula is C24H26N8O2S. The fourth-order valence-corrected chi connectivity index (χ4v) is 4.97. The minimum absolute atomic E-state index is 0.118. The number of nitrogens with one attached hydrogen (secondary N) is 2. The largest absolute Gasteiger partial charge is 0.372 e. The number of benzene rings is 1. The highest BCUT2D eigenvalue weighted by Crippen LogP contribution is 2.37. The smallest absolute Gasteiger partial charge is 0.229 e. The van der Waals surface area contributed by atoms with E-state index >= 15 is 0 Å². The lowest BCUT2D eigenvalue weighted by atomic mass is 9.89. The molecule has 10 nitrogen and oxygen atoms in total. The van der Waals surface area contributed by atoms with Crippen LogP contribution in [0, 0.1) is 11.3 Å². The number of aromatic nitrogens is 3. The Morgan fingerprint density at radius 2 is 2.06 bits per heavy atom. The van der Waals surface area contributed by atoms with Gasteiger partial charge < -0.3 is 15.4 Å². The van der Waals surface area contributed by atoms with Crippen LogP contribution in [-0.2, 0) is 27.4 Å². The van der Waals surface area contributed by atoms with E-state index in [0.29, 0.717) is 30.0 Å². The Bertz CT molecular complexity index is 1450. The third-order valence-corrected chi connectivity index (χ3v) is 6.37. The summed E-state index contributed by atoms with van der Waals surface area (Å²) in [6.07, 6.45) is 5.55. The van der Waals surface area contributed by atoms with Crippen LogP contribution < -0.4 is 10.6 Å². The molecule has 0 aliphatic carbocycles. The monoisotopic (exact) mass is 490 g/mol. The van der Waals surface area contributed by atoms with Crippen molar-refractivity contribution in [2.45, 2.75) is 19.1 Å². The summed E-state index contributed by atoms with van der Waals surface area (Å²) in [6, 6.07) is 11.5. The first kappa shape index (κ1) is 23.2. The minimum Gasteiger partial charge on any atom is -0.372 e. The van der Waals surface area contributed by atoms with Crippen LogP contribution in [0.4, 0.5) is 29.1 Å². The van der Waals surface area contributed by atoms with Gasteiger partial charge >= 0.3 is 0 Å². The zero-order valence-electron chi connectivity index (χ0n) is 19.8. The molecule has 0 fully saturated rings. The van der Waals surface area contributed by atoms with Gasteiger partial charge in [0.2, 0.25) is 5.95 Å². The van der Waals surface area contributed by atoms with Crippen molar-refractivity contribution >= 4 is 38.8 Å². The molecule has 2 aromatic heterocycles. The van der Waals surface area contributed by atoms with E-state index < -0.39 is 9.73 Å². The van der Waals surface area contributed by atoms with Gasteiger partial charge in [-0.1, -0.05) is 6.07 Å². The summed E-state index contributed by atoms with van der Waals surface area (Å²) >= 11 is 0. The molecule has 3 aromatic rings. The van der Waals surface area contributed by atoms with Gasteiger partial charge in [0.1, 0.15) is 17.5 Å². The molecular weight excluding hydrogens is 464 g/mol. The summed E-state index contributed by atoms with van der Waals surface area (Å²) in [5.74, 6) is 1.45. The summed E-state index contributed by atoms with van der Waals surface area (Å²) in [6.45, 7) is 2.46. The number of likely N-dealkylation sites (N-methyl/N-ethyl adjacent to an activating group) is 1. The molecule has 0 saturated carbocycles. The van der Waals surface area contributed by atoms with Crippen LogP contribution in [0.15, 0.2) is 40.9 Å². The molecule has 1 unspecified atom stereocenters. The SMILES string of the molecule is CN1Cc2cc(Nc3ncc(C#N)c(Nc4cccc(N=S(C)(C)=O)n4)n3)cc3c2C(C1)OCC3. The first-order chi connectivity index (χ1) is 16.8. The van der Waals surface area contributed by atoms with Crippen molar-refractivity contribution in [3.63, 3.8) is 0 Å². The maximum absolute atomic E-state index is 12.0. The summed E-state index contributed by atoms with van der Waals surface area (Å²) in [5, 5.41) is 15.9. The molecule has 1 atom stereocenters. The van der Waals surface area contributed by atoms with Gasteiger partial charge in [-0.2, -0.15) is 14.6 Å². The minimum atomic E-state index is -2.35. The van der Waals surface area contributed by atoms with Gasteiger partial charge in [0.25, 0.3) is 0 Å². The second-order valence-corrected chi connectivity index (χ2v) is 11.5. The molecule has 5 rings (SSSR count).